The number of rotatable bonds is 0. The minimum Gasteiger partial charge on any atom is -0.167 e. The van der Waals surface area contributed by atoms with E-state index in [1.54, 1.807) is 6.08 Å². The van der Waals surface area contributed by atoms with Crippen molar-refractivity contribution in [3.63, 3.8) is 0 Å². The molecule has 2 radical (unpaired) electrons. The molecule has 0 aromatic rings. The predicted octanol–water partition coefficient (Wildman–Crippen LogP) is -0.345. The van der Waals surface area contributed by atoms with Crippen LogP contribution in [0.3, 0.4) is 0 Å². The van der Waals surface area contributed by atoms with Crippen molar-refractivity contribution in [1.29, 1.82) is 0 Å². The van der Waals surface area contributed by atoms with Crippen LogP contribution >= 0.6 is 0 Å². The van der Waals surface area contributed by atoms with Gasteiger partial charge in [0.05, 0.1) is 6.08 Å². The lowest BCUT2D eigenvalue weighted by Crippen LogP contribution is -1.74. The van der Waals surface area contributed by atoms with E-state index in [-0.39, 0.29) is 0 Å². The maximum Gasteiger partial charge on any atom is 0.307 e. The van der Waals surface area contributed by atoms with E-state index < -0.39 is 0 Å². The lowest BCUT2D eigenvalue weighted by molar-refractivity contribution is 0.202. The smallest absolute Gasteiger partial charge is 0.167 e. The van der Waals surface area contributed by atoms with E-state index in [9.17, 15) is 0 Å². The Balaban J connectivity index is 2.61. The molecule has 0 unspecified atom stereocenters. The van der Waals surface area contributed by atoms with Crippen LogP contribution in [-0.4, -0.2) is 6.21 Å². The highest BCUT2D eigenvalue weighted by molar-refractivity contribution is 5.69. The Morgan fingerprint density at radius 1 is 1.80 bits per heavy atom. The fourth-order valence-corrected chi connectivity index (χ4v) is 0.152. The predicted molar refractivity (Wildman–Crippen MR) is 17.1 cm³/mol. The Morgan fingerprint density at radius 3 is 3.00 bits per heavy atom. The molecule has 0 bridgehead atoms. The molecule has 1 aliphatic rings. The molecule has 0 atom stereocenters. The molecule has 0 fully saturated rings. The van der Waals surface area contributed by atoms with Gasteiger partial charge in [-0.3, -0.25) is 0 Å². The zero-order valence-electron chi connectivity index (χ0n) is 2.51. The van der Waals surface area contributed by atoms with Gasteiger partial charge in [0.2, 0.25) is 0 Å². The molecule has 5 heavy (non-hydrogen) atoms. The van der Waals surface area contributed by atoms with Crippen molar-refractivity contribution in [3.05, 3.63) is 12.3 Å². The van der Waals surface area contributed by atoms with Crippen LogP contribution in [-0.2, 0) is 4.84 Å². The van der Waals surface area contributed by atoms with Crippen molar-refractivity contribution in [2.45, 2.75) is 0 Å². The van der Waals surface area contributed by atoms with E-state index in [4.69, 9.17) is 0 Å². The van der Waals surface area contributed by atoms with Crippen LogP contribution in [0, 0.1) is 6.26 Å². The monoisotopic (exact) mass is 68.0 g/mol. The summed E-state index contributed by atoms with van der Waals surface area (Å²) < 4.78 is 0. The molecule has 2 heteroatoms. The van der Waals surface area contributed by atoms with Crippen LogP contribution in [0.25, 0.3) is 0 Å². The fraction of sp³-hybridized carbons (Fsp3) is 0. The summed E-state index contributed by atoms with van der Waals surface area (Å²) in [6.45, 7) is 0. The first kappa shape index (κ1) is 2.45. The average molecular weight is 68.1 g/mol. The SMILES string of the molecule is [C]1=CC=[N+]O1. The van der Waals surface area contributed by atoms with Crippen LogP contribution in [0.5, 0.6) is 0 Å². The molecule has 0 N–H and O–H groups in total. The van der Waals surface area contributed by atoms with Crippen LogP contribution in [0.15, 0.2) is 6.08 Å². The lowest BCUT2D eigenvalue weighted by atomic mass is 10.7. The zero-order valence-corrected chi connectivity index (χ0v) is 2.51. The van der Waals surface area contributed by atoms with Gasteiger partial charge in [0.25, 0.3) is 11.4 Å². The molecule has 0 saturated heterocycles. The van der Waals surface area contributed by atoms with Crippen molar-refractivity contribution in [2.75, 3.05) is 0 Å². The van der Waals surface area contributed by atoms with Gasteiger partial charge in [-0.05, 0) is 0 Å². The summed E-state index contributed by atoms with van der Waals surface area (Å²) in [6.07, 6.45) is 5.50. The first-order valence-corrected chi connectivity index (χ1v) is 1.27. The number of hydrogen-bond donors (Lipinski definition) is 0. The van der Waals surface area contributed by atoms with Crippen LogP contribution in [0.2, 0.25) is 0 Å². The Labute approximate surface area is 29.7 Å². The number of nitrogens with zero attached hydrogens (tertiary/aromatic N) is 1. The molecule has 0 aromatic carbocycles. The minimum absolute atomic E-state index is 1.53. The highest BCUT2D eigenvalue weighted by atomic mass is 16.6. The second-order valence-electron chi connectivity index (χ2n) is 0.630. The van der Waals surface area contributed by atoms with Gasteiger partial charge in [-0.1, -0.05) is 0 Å². The summed E-state index contributed by atoms with van der Waals surface area (Å²) in [5.41, 5.74) is 0. The number of oxime groups is 1. The summed E-state index contributed by atoms with van der Waals surface area (Å²) in [4.78, 5) is 4.21. The summed E-state index contributed by atoms with van der Waals surface area (Å²) in [5.74, 6) is 0. The highest BCUT2D eigenvalue weighted by Crippen LogP contribution is 1.69. The molecule has 0 aromatic heterocycles. The van der Waals surface area contributed by atoms with E-state index in [2.05, 4.69) is 16.3 Å². The van der Waals surface area contributed by atoms with Gasteiger partial charge in [0, 0.05) is 0 Å². The van der Waals surface area contributed by atoms with Crippen molar-refractivity contribution < 1.29 is 4.84 Å². The number of hydrogen-bond acceptors (Lipinski definition) is 2. The van der Waals surface area contributed by atoms with Gasteiger partial charge in [-0.15, -0.1) is 0 Å². The molecule has 24 valence electrons. The molecule has 0 saturated carbocycles. The summed E-state index contributed by atoms with van der Waals surface area (Å²) in [5, 5.41) is 3.29. The second kappa shape index (κ2) is 0.885. The van der Waals surface area contributed by atoms with Gasteiger partial charge in [-0.25, -0.2) is 0 Å². The average Bonchev–Trinajstić information content (AvgIpc) is 1.76. The van der Waals surface area contributed by atoms with Crippen LogP contribution < -0.4 is 5.16 Å². The Morgan fingerprint density at radius 2 is 2.80 bits per heavy atom. The quantitative estimate of drug-likeness (QED) is 0.380. The maximum absolute atomic E-state index is 4.21. The molecule has 1 rings (SSSR count). The van der Waals surface area contributed by atoms with E-state index in [1.807, 2.05) is 0 Å². The summed E-state index contributed by atoms with van der Waals surface area (Å²) >= 11 is 0. The Kier molecular flexibility index (Phi) is 0.433. The largest absolute Gasteiger partial charge is 0.307 e. The molecule has 1 heterocycles. The first-order chi connectivity index (χ1) is 2.50. The molecule has 1 aliphatic heterocycles. The van der Waals surface area contributed by atoms with E-state index >= 15 is 0 Å². The van der Waals surface area contributed by atoms with Crippen LogP contribution in [0.1, 0.15) is 0 Å². The Bertz CT molecular complexity index is 65.0. The topological polar surface area (TPSA) is 23.3 Å². The van der Waals surface area contributed by atoms with E-state index in [0.29, 0.717) is 0 Å². The van der Waals surface area contributed by atoms with Gasteiger partial charge in [-0.2, -0.15) is 4.84 Å². The third kappa shape index (κ3) is 0.265. The van der Waals surface area contributed by atoms with E-state index in [0.717, 1.165) is 0 Å². The lowest BCUT2D eigenvalue weighted by Gasteiger charge is -1.46. The molecule has 0 amide bonds. The van der Waals surface area contributed by atoms with Crippen molar-refractivity contribution in [2.24, 2.45) is 0 Å². The fourth-order valence-electron chi connectivity index (χ4n) is 0.152. The molecule has 0 aliphatic carbocycles. The van der Waals surface area contributed by atoms with Crippen molar-refractivity contribution in [3.8, 4) is 0 Å². The Hall–Kier alpha value is -0.790. The second-order valence-corrected chi connectivity index (χ2v) is 0.630. The first-order valence-electron chi connectivity index (χ1n) is 1.27. The maximum atomic E-state index is 4.21. The van der Waals surface area contributed by atoms with Gasteiger partial charge in [0.1, 0.15) is 0 Å². The molecular formula is C3H2NO+. The standard InChI is InChI=1S/C3H2NO/c1-2-4-5-3-1/h1-2H/q+1. The third-order valence-corrected chi connectivity index (χ3v) is 0.309. The van der Waals surface area contributed by atoms with Gasteiger partial charge in [0.15, 0.2) is 0 Å². The van der Waals surface area contributed by atoms with Crippen LogP contribution in [0.4, 0.5) is 0 Å². The van der Waals surface area contributed by atoms with E-state index in [1.165, 1.54) is 6.21 Å². The van der Waals surface area contributed by atoms with Gasteiger partial charge >= 0.3 is 6.21 Å². The zero-order chi connectivity index (χ0) is 3.54. The molecular weight excluding hydrogens is 66.0 g/mol. The number of allylic oxidation sites excluding steroid dienone is 1. The molecule has 0 spiro atoms. The summed E-state index contributed by atoms with van der Waals surface area (Å²) in [7, 11) is 0. The minimum atomic E-state index is 1.53. The highest BCUT2D eigenvalue weighted by Gasteiger charge is 1.93. The normalized spacial score (nSPS) is 16.0. The van der Waals surface area contributed by atoms with Gasteiger partial charge < -0.3 is 0 Å². The summed E-state index contributed by atoms with van der Waals surface area (Å²) in [6, 6.07) is 0. The van der Waals surface area contributed by atoms with Crippen molar-refractivity contribution >= 4 is 6.21 Å². The van der Waals surface area contributed by atoms with Crippen molar-refractivity contribution in [1.82, 2.24) is 5.16 Å². The third-order valence-electron chi connectivity index (χ3n) is 0.309. The molecule has 2 nitrogen and oxygen atoms in total.